The number of hydrogen-bond donors (Lipinski definition) is 2. The lowest BCUT2D eigenvalue weighted by atomic mass is 10.0. The van der Waals surface area contributed by atoms with E-state index in [0.717, 1.165) is 12.0 Å². The topological polar surface area (TPSA) is 73.6 Å². The van der Waals surface area contributed by atoms with E-state index in [9.17, 15) is 4.79 Å². The van der Waals surface area contributed by atoms with Crippen LogP contribution in [0.5, 0.6) is 11.5 Å². The molecular weight excluding hydrogens is 292 g/mol. The number of rotatable bonds is 8. The SMILES string of the molecule is CCC(N)Cc1cc(Cl)cc(OC)c1OCCC(=O)NC. The molecule has 0 aliphatic heterocycles. The van der Waals surface area contributed by atoms with E-state index in [1.54, 1.807) is 20.2 Å². The van der Waals surface area contributed by atoms with Gasteiger partial charge in [-0.25, -0.2) is 0 Å². The second kappa shape index (κ2) is 8.74. The van der Waals surface area contributed by atoms with Gasteiger partial charge in [0.2, 0.25) is 5.91 Å². The van der Waals surface area contributed by atoms with Crippen molar-refractivity contribution in [2.24, 2.45) is 5.73 Å². The minimum Gasteiger partial charge on any atom is -0.493 e. The number of benzene rings is 1. The molecule has 0 aliphatic carbocycles. The van der Waals surface area contributed by atoms with Crippen LogP contribution >= 0.6 is 11.6 Å². The first-order valence-corrected chi connectivity index (χ1v) is 7.34. The normalized spacial score (nSPS) is 11.9. The molecule has 1 amide bonds. The zero-order valence-corrected chi connectivity index (χ0v) is 13.5. The number of hydrogen-bond acceptors (Lipinski definition) is 4. The van der Waals surface area contributed by atoms with Crippen molar-refractivity contribution in [3.8, 4) is 11.5 Å². The van der Waals surface area contributed by atoms with Gasteiger partial charge in [-0.05, 0) is 18.9 Å². The van der Waals surface area contributed by atoms with Crippen LogP contribution in [0, 0.1) is 0 Å². The Balaban J connectivity index is 2.93. The largest absolute Gasteiger partial charge is 0.493 e. The molecule has 1 aromatic carbocycles. The van der Waals surface area contributed by atoms with E-state index in [1.807, 2.05) is 13.0 Å². The third-order valence-corrected chi connectivity index (χ3v) is 3.40. The predicted molar refractivity (Wildman–Crippen MR) is 84.2 cm³/mol. The van der Waals surface area contributed by atoms with Crippen LogP contribution in [0.3, 0.4) is 0 Å². The summed E-state index contributed by atoms with van der Waals surface area (Å²) < 4.78 is 11.0. The fourth-order valence-electron chi connectivity index (χ4n) is 1.89. The maximum absolute atomic E-state index is 11.3. The molecule has 6 heteroatoms. The number of carbonyl (C=O) groups excluding carboxylic acids is 1. The van der Waals surface area contributed by atoms with Crippen molar-refractivity contribution < 1.29 is 14.3 Å². The quantitative estimate of drug-likeness (QED) is 0.771. The summed E-state index contributed by atoms with van der Waals surface area (Å²) in [6.07, 6.45) is 1.77. The Labute approximate surface area is 130 Å². The summed E-state index contributed by atoms with van der Waals surface area (Å²) in [5, 5.41) is 3.13. The van der Waals surface area contributed by atoms with Crippen molar-refractivity contribution in [3.63, 3.8) is 0 Å². The smallest absolute Gasteiger partial charge is 0.223 e. The van der Waals surface area contributed by atoms with Gasteiger partial charge in [-0.15, -0.1) is 0 Å². The van der Waals surface area contributed by atoms with Gasteiger partial charge in [0, 0.05) is 29.7 Å². The highest BCUT2D eigenvalue weighted by Gasteiger charge is 2.15. The van der Waals surface area contributed by atoms with E-state index >= 15 is 0 Å². The molecule has 0 radical (unpaired) electrons. The minimum absolute atomic E-state index is 0.0227. The summed E-state index contributed by atoms with van der Waals surface area (Å²) in [5.74, 6) is 1.09. The van der Waals surface area contributed by atoms with Crippen LogP contribution in [0.4, 0.5) is 0 Å². The molecule has 0 heterocycles. The molecule has 1 rings (SSSR count). The second-order valence-corrected chi connectivity index (χ2v) is 5.18. The third-order valence-electron chi connectivity index (χ3n) is 3.18. The fourth-order valence-corrected chi connectivity index (χ4v) is 2.12. The Morgan fingerprint density at radius 2 is 2.19 bits per heavy atom. The maximum atomic E-state index is 11.3. The Kier molecular flexibility index (Phi) is 7.32. The molecular formula is C15H23ClN2O3. The number of methoxy groups -OCH3 is 1. The summed E-state index contributed by atoms with van der Waals surface area (Å²) >= 11 is 6.09. The van der Waals surface area contributed by atoms with Crippen LogP contribution in [0.1, 0.15) is 25.3 Å². The molecule has 1 aromatic rings. The summed E-state index contributed by atoms with van der Waals surface area (Å²) in [4.78, 5) is 11.3. The van der Waals surface area contributed by atoms with Gasteiger partial charge in [-0.2, -0.15) is 0 Å². The number of nitrogens with one attached hydrogen (secondary N) is 1. The van der Waals surface area contributed by atoms with E-state index in [2.05, 4.69) is 5.32 Å². The van der Waals surface area contributed by atoms with E-state index < -0.39 is 0 Å². The van der Waals surface area contributed by atoms with E-state index in [4.69, 9.17) is 26.8 Å². The second-order valence-electron chi connectivity index (χ2n) is 4.74. The minimum atomic E-state index is -0.0743. The van der Waals surface area contributed by atoms with Gasteiger partial charge < -0.3 is 20.5 Å². The molecule has 0 aromatic heterocycles. The highest BCUT2D eigenvalue weighted by Crippen LogP contribution is 2.35. The average Bonchev–Trinajstić information content (AvgIpc) is 2.48. The van der Waals surface area contributed by atoms with Crippen molar-refractivity contribution >= 4 is 17.5 Å². The van der Waals surface area contributed by atoms with Crippen molar-refractivity contribution in [2.75, 3.05) is 20.8 Å². The molecule has 0 fully saturated rings. The first kappa shape index (κ1) is 17.6. The van der Waals surface area contributed by atoms with Gasteiger partial charge >= 0.3 is 0 Å². The van der Waals surface area contributed by atoms with Gasteiger partial charge in [0.1, 0.15) is 0 Å². The van der Waals surface area contributed by atoms with Crippen molar-refractivity contribution in [1.29, 1.82) is 0 Å². The first-order chi connectivity index (χ1) is 10.0. The molecule has 118 valence electrons. The molecule has 3 N–H and O–H groups in total. The summed E-state index contributed by atoms with van der Waals surface area (Å²) in [6.45, 7) is 2.30. The zero-order valence-electron chi connectivity index (χ0n) is 12.7. The summed E-state index contributed by atoms with van der Waals surface area (Å²) in [7, 11) is 3.15. The Hall–Kier alpha value is -1.46. The molecule has 0 saturated heterocycles. The van der Waals surface area contributed by atoms with Crippen LogP contribution in [0.2, 0.25) is 5.02 Å². The molecule has 0 spiro atoms. The molecule has 21 heavy (non-hydrogen) atoms. The van der Waals surface area contributed by atoms with E-state index in [-0.39, 0.29) is 25.0 Å². The van der Waals surface area contributed by atoms with Gasteiger partial charge in [-0.1, -0.05) is 18.5 Å². The molecule has 0 bridgehead atoms. The molecule has 1 unspecified atom stereocenters. The highest BCUT2D eigenvalue weighted by atomic mass is 35.5. The lowest BCUT2D eigenvalue weighted by molar-refractivity contribution is -0.121. The molecule has 0 saturated carbocycles. The number of nitrogens with two attached hydrogens (primary N) is 1. The van der Waals surface area contributed by atoms with Gasteiger partial charge in [0.25, 0.3) is 0 Å². The average molecular weight is 315 g/mol. The maximum Gasteiger partial charge on any atom is 0.223 e. The number of halogens is 1. The Bertz CT molecular complexity index is 480. The van der Waals surface area contributed by atoms with Crippen LogP contribution in [0.25, 0.3) is 0 Å². The van der Waals surface area contributed by atoms with Crippen LogP contribution < -0.4 is 20.5 Å². The highest BCUT2D eigenvalue weighted by molar-refractivity contribution is 6.30. The third kappa shape index (κ3) is 5.44. The monoisotopic (exact) mass is 314 g/mol. The van der Waals surface area contributed by atoms with Crippen molar-refractivity contribution in [3.05, 3.63) is 22.7 Å². The van der Waals surface area contributed by atoms with Gasteiger partial charge in [-0.3, -0.25) is 4.79 Å². The number of ether oxygens (including phenoxy) is 2. The number of carbonyl (C=O) groups is 1. The fraction of sp³-hybridized carbons (Fsp3) is 0.533. The Morgan fingerprint density at radius 1 is 1.48 bits per heavy atom. The van der Waals surface area contributed by atoms with Crippen LogP contribution in [0.15, 0.2) is 12.1 Å². The first-order valence-electron chi connectivity index (χ1n) is 6.97. The lowest BCUT2D eigenvalue weighted by Gasteiger charge is -2.17. The lowest BCUT2D eigenvalue weighted by Crippen LogP contribution is -2.23. The molecule has 5 nitrogen and oxygen atoms in total. The van der Waals surface area contributed by atoms with Crippen molar-refractivity contribution in [2.45, 2.75) is 32.2 Å². The standard InChI is InChI=1S/C15H23ClN2O3/c1-4-12(17)8-10-7-11(16)9-13(20-3)15(10)21-6-5-14(19)18-2/h7,9,12H,4-6,8,17H2,1-3H3,(H,18,19). The number of amides is 1. The molecule has 0 aliphatic rings. The summed E-state index contributed by atoms with van der Waals surface area (Å²) in [6, 6.07) is 3.54. The van der Waals surface area contributed by atoms with Crippen LogP contribution in [-0.4, -0.2) is 32.7 Å². The van der Waals surface area contributed by atoms with Crippen LogP contribution in [-0.2, 0) is 11.2 Å². The summed E-state index contributed by atoms with van der Waals surface area (Å²) in [5.41, 5.74) is 6.90. The zero-order chi connectivity index (χ0) is 15.8. The van der Waals surface area contributed by atoms with Gasteiger partial charge in [0.15, 0.2) is 11.5 Å². The van der Waals surface area contributed by atoms with Gasteiger partial charge in [0.05, 0.1) is 20.1 Å². The van der Waals surface area contributed by atoms with E-state index in [0.29, 0.717) is 22.9 Å². The van der Waals surface area contributed by atoms with E-state index in [1.165, 1.54) is 0 Å². The van der Waals surface area contributed by atoms with Crippen molar-refractivity contribution in [1.82, 2.24) is 5.32 Å². The Morgan fingerprint density at radius 3 is 2.76 bits per heavy atom. The predicted octanol–water partition coefficient (Wildman–Crippen LogP) is 2.14. The molecule has 1 atom stereocenters.